The molecule has 2 atom stereocenters. The SMILES string of the molecule is C=CCOC(=O)N1CC[C@@]2(C(=O)O)CCC[C@@H]12. The maximum Gasteiger partial charge on any atom is 0.410 e. The molecule has 1 heterocycles. The summed E-state index contributed by atoms with van der Waals surface area (Å²) in [5.74, 6) is -0.779. The van der Waals surface area contributed by atoms with E-state index >= 15 is 0 Å². The van der Waals surface area contributed by atoms with Crippen LogP contribution in [-0.4, -0.2) is 41.3 Å². The number of carbonyl (C=O) groups is 2. The molecular weight excluding hydrogens is 222 g/mol. The summed E-state index contributed by atoms with van der Waals surface area (Å²) in [6, 6.07) is -0.197. The molecule has 1 saturated carbocycles. The van der Waals surface area contributed by atoms with Gasteiger partial charge in [0.25, 0.3) is 0 Å². The summed E-state index contributed by atoms with van der Waals surface area (Å²) in [5, 5.41) is 9.35. The number of carboxylic acids is 1. The summed E-state index contributed by atoms with van der Waals surface area (Å²) in [4.78, 5) is 24.7. The Hall–Kier alpha value is -1.52. The summed E-state index contributed by atoms with van der Waals surface area (Å²) in [7, 11) is 0. The lowest BCUT2D eigenvalue weighted by atomic mass is 9.82. The largest absolute Gasteiger partial charge is 0.481 e. The van der Waals surface area contributed by atoms with Gasteiger partial charge in [0.1, 0.15) is 6.61 Å². The molecule has 5 heteroatoms. The summed E-state index contributed by atoms with van der Waals surface area (Å²) < 4.78 is 4.98. The smallest absolute Gasteiger partial charge is 0.410 e. The lowest BCUT2D eigenvalue weighted by Crippen LogP contribution is -2.43. The highest BCUT2D eigenvalue weighted by molar-refractivity contribution is 5.79. The first-order chi connectivity index (χ1) is 8.12. The Labute approximate surface area is 100 Å². The zero-order valence-electron chi connectivity index (χ0n) is 9.72. The monoisotopic (exact) mass is 239 g/mol. The van der Waals surface area contributed by atoms with Gasteiger partial charge in [-0.05, 0) is 19.3 Å². The van der Waals surface area contributed by atoms with E-state index in [1.165, 1.54) is 6.08 Å². The molecule has 0 radical (unpaired) electrons. The second-order valence-corrected chi connectivity index (χ2v) is 4.68. The topological polar surface area (TPSA) is 66.8 Å². The van der Waals surface area contributed by atoms with Gasteiger partial charge < -0.3 is 14.7 Å². The van der Waals surface area contributed by atoms with Crippen LogP contribution in [0.4, 0.5) is 4.79 Å². The molecule has 0 aromatic rings. The number of nitrogens with zero attached hydrogens (tertiary/aromatic N) is 1. The number of ether oxygens (including phenoxy) is 1. The van der Waals surface area contributed by atoms with Gasteiger partial charge in [-0.2, -0.15) is 0 Å². The zero-order valence-corrected chi connectivity index (χ0v) is 9.72. The Bertz CT molecular complexity index is 354. The summed E-state index contributed by atoms with van der Waals surface area (Å²) >= 11 is 0. The molecule has 0 bridgehead atoms. The first-order valence-corrected chi connectivity index (χ1v) is 5.89. The second kappa shape index (κ2) is 4.39. The van der Waals surface area contributed by atoms with Gasteiger partial charge in [0, 0.05) is 6.54 Å². The molecule has 0 spiro atoms. The van der Waals surface area contributed by atoms with Crippen molar-refractivity contribution in [3.8, 4) is 0 Å². The summed E-state index contributed by atoms with van der Waals surface area (Å²) in [6.07, 6.45) is 3.92. The first-order valence-electron chi connectivity index (χ1n) is 5.89. The van der Waals surface area contributed by atoms with E-state index in [9.17, 15) is 14.7 Å². The maximum atomic E-state index is 11.8. The van der Waals surface area contributed by atoms with E-state index in [4.69, 9.17) is 4.74 Å². The van der Waals surface area contributed by atoms with Crippen LogP contribution in [0.1, 0.15) is 25.7 Å². The predicted octanol–water partition coefficient (Wildman–Crippen LogP) is 1.64. The molecule has 1 saturated heterocycles. The molecule has 0 unspecified atom stereocenters. The fourth-order valence-electron chi connectivity index (χ4n) is 3.06. The van der Waals surface area contributed by atoms with Gasteiger partial charge >= 0.3 is 12.1 Å². The second-order valence-electron chi connectivity index (χ2n) is 4.68. The van der Waals surface area contributed by atoms with Gasteiger partial charge in [0.15, 0.2) is 0 Å². The molecule has 17 heavy (non-hydrogen) atoms. The Morgan fingerprint density at radius 1 is 1.53 bits per heavy atom. The van der Waals surface area contributed by atoms with Crippen LogP contribution in [0.3, 0.4) is 0 Å². The molecule has 5 nitrogen and oxygen atoms in total. The van der Waals surface area contributed by atoms with Crippen LogP contribution in [-0.2, 0) is 9.53 Å². The molecule has 2 fully saturated rings. The van der Waals surface area contributed by atoms with Gasteiger partial charge in [-0.1, -0.05) is 19.1 Å². The number of fused-ring (bicyclic) bond motifs is 1. The zero-order chi connectivity index (χ0) is 12.5. The number of likely N-dealkylation sites (tertiary alicyclic amines) is 1. The van der Waals surface area contributed by atoms with E-state index in [-0.39, 0.29) is 12.6 Å². The molecule has 0 aromatic carbocycles. The van der Waals surface area contributed by atoms with E-state index in [0.717, 1.165) is 12.8 Å². The highest BCUT2D eigenvalue weighted by Crippen LogP contribution is 2.49. The third-order valence-corrected chi connectivity index (χ3v) is 3.90. The molecule has 94 valence electrons. The van der Waals surface area contributed by atoms with Crippen molar-refractivity contribution in [2.24, 2.45) is 5.41 Å². The number of hydrogen-bond acceptors (Lipinski definition) is 3. The van der Waals surface area contributed by atoms with Gasteiger partial charge in [-0.25, -0.2) is 4.79 Å². The average molecular weight is 239 g/mol. The molecule has 1 aliphatic heterocycles. The van der Waals surface area contributed by atoms with E-state index in [1.54, 1.807) is 4.90 Å². The first kappa shape index (κ1) is 12.0. The van der Waals surface area contributed by atoms with E-state index in [2.05, 4.69) is 6.58 Å². The van der Waals surface area contributed by atoms with E-state index in [1.807, 2.05) is 0 Å². The molecule has 1 aliphatic carbocycles. The van der Waals surface area contributed by atoms with Crippen LogP contribution in [0.5, 0.6) is 0 Å². The summed E-state index contributed by atoms with van der Waals surface area (Å²) in [5.41, 5.74) is -0.729. The Balaban J connectivity index is 2.10. The van der Waals surface area contributed by atoms with Crippen molar-refractivity contribution in [1.29, 1.82) is 0 Å². The van der Waals surface area contributed by atoms with Gasteiger partial charge in [-0.15, -0.1) is 0 Å². The fraction of sp³-hybridized carbons (Fsp3) is 0.667. The van der Waals surface area contributed by atoms with Crippen LogP contribution >= 0.6 is 0 Å². The number of carboxylic acid groups (broad SMARTS) is 1. The predicted molar refractivity (Wildman–Crippen MR) is 60.6 cm³/mol. The van der Waals surface area contributed by atoms with Gasteiger partial charge in [0.2, 0.25) is 0 Å². The summed E-state index contributed by atoms with van der Waals surface area (Å²) in [6.45, 7) is 4.13. The van der Waals surface area contributed by atoms with Crippen molar-refractivity contribution in [2.75, 3.05) is 13.2 Å². The number of rotatable bonds is 3. The van der Waals surface area contributed by atoms with Crippen LogP contribution < -0.4 is 0 Å². The van der Waals surface area contributed by atoms with Crippen LogP contribution in [0, 0.1) is 5.41 Å². The standard InChI is InChI=1S/C12H17NO4/c1-2-8-17-11(16)13-7-6-12(10(14)15)5-3-4-9(12)13/h2,9H,1,3-8H2,(H,14,15)/t9-,12+/m1/s1. The molecular formula is C12H17NO4. The molecule has 1 amide bonds. The highest BCUT2D eigenvalue weighted by Gasteiger charge is 2.57. The van der Waals surface area contributed by atoms with Crippen LogP contribution in [0.25, 0.3) is 0 Å². The average Bonchev–Trinajstić information content (AvgIpc) is 2.84. The molecule has 2 aliphatic rings. The van der Waals surface area contributed by atoms with E-state index in [0.29, 0.717) is 19.4 Å². The number of aliphatic carboxylic acids is 1. The van der Waals surface area contributed by atoms with Crippen molar-refractivity contribution in [1.82, 2.24) is 4.90 Å². The minimum absolute atomic E-state index is 0.169. The minimum atomic E-state index is -0.779. The Kier molecular flexibility index (Phi) is 3.09. The Morgan fingerprint density at radius 2 is 2.29 bits per heavy atom. The lowest BCUT2D eigenvalue weighted by molar-refractivity contribution is -0.149. The normalized spacial score (nSPS) is 31.1. The fourth-order valence-corrected chi connectivity index (χ4v) is 3.06. The van der Waals surface area contributed by atoms with Crippen molar-refractivity contribution in [2.45, 2.75) is 31.7 Å². The number of hydrogen-bond donors (Lipinski definition) is 1. The molecule has 0 aromatic heterocycles. The van der Waals surface area contributed by atoms with Crippen LogP contribution in [0.2, 0.25) is 0 Å². The maximum absolute atomic E-state index is 11.8. The highest BCUT2D eigenvalue weighted by atomic mass is 16.6. The third-order valence-electron chi connectivity index (χ3n) is 3.90. The van der Waals surface area contributed by atoms with Crippen molar-refractivity contribution in [3.63, 3.8) is 0 Å². The van der Waals surface area contributed by atoms with Crippen molar-refractivity contribution in [3.05, 3.63) is 12.7 Å². The number of amides is 1. The quantitative estimate of drug-likeness (QED) is 0.760. The molecule has 1 N–H and O–H groups in total. The lowest BCUT2D eigenvalue weighted by Gasteiger charge is -2.28. The number of carbonyl (C=O) groups excluding carboxylic acids is 1. The third kappa shape index (κ3) is 1.79. The van der Waals surface area contributed by atoms with Gasteiger partial charge in [-0.3, -0.25) is 4.79 Å². The van der Waals surface area contributed by atoms with E-state index < -0.39 is 17.5 Å². The van der Waals surface area contributed by atoms with Crippen molar-refractivity contribution < 1.29 is 19.4 Å². The molecule has 2 rings (SSSR count). The van der Waals surface area contributed by atoms with Crippen molar-refractivity contribution >= 4 is 12.1 Å². The minimum Gasteiger partial charge on any atom is -0.481 e. The van der Waals surface area contributed by atoms with Gasteiger partial charge in [0.05, 0.1) is 11.5 Å². The Morgan fingerprint density at radius 3 is 2.94 bits per heavy atom. The van der Waals surface area contributed by atoms with Crippen LogP contribution in [0.15, 0.2) is 12.7 Å².